The summed E-state index contributed by atoms with van der Waals surface area (Å²) >= 11 is 0. The minimum Gasteiger partial charge on any atom is -0.507 e. The molecule has 0 aromatic rings. The van der Waals surface area contributed by atoms with Crippen LogP contribution in [0.1, 0.15) is 0 Å². The number of carboxylic acids is 1. The third-order valence-corrected chi connectivity index (χ3v) is 1.96. The molecule has 0 aromatic carbocycles. The van der Waals surface area contributed by atoms with Gasteiger partial charge in [-0.15, -0.1) is 0 Å². The predicted octanol–water partition coefficient (Wildman–Crippen LogP) is -0.851. The molecule has 0 spiro atoms. The van der Waals surface area contributed by atoms with Gasteiger partial charge in [0.15, 0.2) is 5.76 Å². The molecule has 0 heterocycles. The van der Waals surface area contributed by atoms with Crippen molar-refractivity contribution in [2.45, 2.75) is 11.9 Å². The van der Waals surface area contributed by atoms with Crippen molar-refractivity contribution >= 4 is 5.97 Å². The van der Waals surface area contributed by atoms with Crippen LogP contribution < -0.4 is 0 Å². The van der Waals surface area contributed by atoms with Crippen LogP contribution in [0.2, 0.25) is 0 Å². The lowest BCUT2D eigenvalue weighted by Crippen LogP contribution is -2.47. The molecular weight excluding hydrogens is 192 g/mol. The molecule has 0 saturated carbocycles. The average Bonchev–Trinajstić information content (AvgIpc) is 2.13. The van der Waals surface area contributed by atoms with Gasteiger partial charge in [0.25, 0.3) is 5.79 Å². The maximum absolute atomic E-state index is 10.5. The Labute approximate surface area is 79.4 Å². The van der Waals surface area contributed by atoms with Crippen molar-refractivity contribution in [3.05, 3.63) is 23.5 Å². The van der Waals surface area contributed by atoms with E-state index in [1.54, 1.807) is 0 Å². The normalized spacial score (nSPS) is 32.1. The topological polar surface area (TPSA) is 107 Å². The maximum atomic E-state index is 10.5. The fourth-order valence-corrected chi connectivity index (χ4v) is 1.09. The lowest BCUT2D eigenvalue weighted by Gasteiger charge is -2.31. The summed E-state index contributed by atoms with van der Waals surface area (Å²) < 4.78 is 4.48. The van der Waals surface area contributed by atoms with Gasteiger partial charge < -0.3 is 25.2 Å². The van der Waals surface area contributed by atoms with Crippen LogP contribution in [0.25, 0.3) is 0 Å². The van der Waals surface area contributed by atoms with Gasteiger partial charge in [-0.25, -0.2) is 4.79 Å². The van der Waals surface area contributed by atoms with E-state index in [-0.39, 0.29) is 5.57 Å². The lowest BCUT2D eigenvalue weighted by atomic mass is 9.97. The number of ether oxygens (including phenoxy) is 1. The summed E-state index contributed by atoms with van der Waals surface area (Å²) in [5.74, 6) is -4.32. The van der Waals surface area contributed by atoms with E-state index < -0.39 is 23.6 Å². The van der Waals surface area contributed by atoms with E-state index in [4.69, 9.17) is 5.11 Å². The minimum atomic E-state index is -2.26. The van der Waals surface area contributed by atoms with E-state index in [0.717, 1.165) is 19.3 Å². The average molecular weight is 202 g/mol. The highest BCUT2D eigenvalue weighted by Crippen LogP contribution is 2.27. The van der Waals surface area contributed by atoms with E-state index in [1.807, 2.05) is 0 Å². The van der Waals surface area contributed by atoms with Crippen LogP contribution in [0.3, 0.4) is 0 Å². The van der Waals surface area contributed by atoms with Gasteiger partial charge in [-0.1, -0.05) is 0 Å². The first-order valence-electron chi connectivity index (χ1n) is 3.73. The fourth-order valence-electron chi connectivity index (χ4n) is 1.09. The molecule has 4 N–H and O–H groups in total. The fraction of sp³-hybridized carbons (Fsp3) is 0.375. The molecule has 2 unspecified atom stereocenters. The smallest absolute Gasteiger partial charge is 0.335 e. The number of methoxy groups -OCH3 is 1. The second kappa shape index (κ2) is 3.41. The quantitative estimate of drug-likeness (QED) is 0.434. The Bertz CT molecular complexity index is 318. The van der Waals surface area contributed by atoms with Gasteiger partial charge in [0, 0.05) is 7.11 Å². The molecule has 1 aliphatic rings. The number of aliphatic hydroxyl groups is 3. The molecule has 2 atom stereocenters. The maximum Gasteiger partial charge on any atom is 0.335 e. The molecule has 0 aliphatic heterocycles. The van der Waals surface area contributed by atoms with Crippen molar-refractivity contribution in [2.24, 2.45) is 0 Å². The summed E-state index contributed by atoms with van der Waals surface area (Å²) in [6.07, 6.45) is 0.0769. The molecule has 0 aromatic heterocycles. The molecule has 0 saturated heterocycles. The molecule has 0 bridgehead atoms. The van der Waals surface area contributed by atoms with Gasteiger partial charge in [-0.05, 0) is 12.2 Å². The van der Waals surface area contributed by atoms with E-state index in [9.17, 15) is 20.1 Å². The summed E-state index contributed by atoms with van der Waals surface area (Å²) in [5.41, 5.74) is -0.309. The standard InChI is InChI=1S/C8H10O6/c1-14-8(13)5(9)2-4(7(11)12)3-6(8)10/h2-3,5,9-10,13H,1H3,(H,11,12). The Balaban J connectivity index is 3.09. The number of hydrogen-bond acceptors (Lipinski definition) is 5. The van der Waals surface area contributed by atoms with Gasteiger partial charge in [-0.3, -0.25) is 0 Å². The highest BCUT2D eigenvalue weighted by atomic mass is 16.6. The number of hydrogen-bond donors (Lipinski definition) is 4. The highest BCUT2D eigenvalue weighted by molar-refractivity contribution is 5.90. The van der Waals surface area contributed by atoms with E-state index in [1.165, 1.54) is 0 Å². The number of aliphatic hydroxyl groups excluding tert-OH is 2. The zero-order valence-electron chi connectivity index (χ0n) is 7.34. The van der Waals surface area contributed by atoms with Gasteiger partial charge >= 0.3 is 5.97 Å². The van der Waals surface area contributed by atoms with Gasteiger partial charge in [0.1, 0.15) is 6.10 Å². The Kier molecular flexibility index (Phi) is 2.61. The van der Waals surface area contributed by atoms with Gasteiger partial charge in [0.2, 0.25) is 0 Å². The Hall–Kier alpha value is -1.37. The predicted molar refractivity (Wildman–Crippen MR) is 44.4 cm³/mol. The molecular formula is C8H10O6. The molecule has 0 radical (unpaired) electrons. The SMILES string of the molecule is COC1(O)C(O)=CC(C(=O)O)=CC1O. The molecule has 14 heavy (non-hydrogen) atoms. The zero-order valence-corrected chi connectivity index (χ0v) is 7.34. The van der Waals surface area contributed by atoms with Crippen molar-refractivity contribution in [3.63, 3.8) is 0 Å². The van der Waals surface area contributed by atoms with Crippen LogP contribution in [-0.4, -0.2) is 45.4 Å². The van der Waals surface area contributed by atoms with E-state index >= 15 is 0 Å². The third-order valence-electron chi connectivity index (χ3n) is 1.96. The molecule has 0 fully saturated rings. The molecule has 78 valence electrons. The summed E-state index contributed by atoms with van der Waals surface area (Å²) in [7, 11) is 1.08. The second-order valence-electron chi connectivity index (χ2n) is 2.80. The van der Waals surface area contributed by atoms with Crippen LogP contribution in [0, 0.1) is 0 Å². The van der Waals surface area contributed by atoms with E-state index in [2.05, 4.69) is 4.74 Å². The number of carboxylic acid groups (broad SMARTS) is 1. The summed E-state index contributed by atoms with van der Waals surface area (Å²) in [4.78, 5) is 10.5. The molecule has 1 aliphatic carbocycles. The number of rotatable bonds is 2. The van der Waals surface area contributed by atoms with Gasteiger partial charge in [-0.2, -0.15) is 0 Å². The molecule has 6 nitrogen and oxygen atoms in total. The van der Waals surface area contributed by atoms with Crippen LogP contribution in [0.4, 0.5) is 0 Å². The molecule has 6 heteroatoms. The van der Waals surface area contributed by atoms with Gasteiger partial charge in [0.05, 0.1) is 5.57 Å². The number of carbonyl (C=O) groups is 1. The molecule has 0 amide bonds. The van der Waals surface area contributed by atoms with Crippen molar-refractivity contribution in [1.29, 1.82) is 0 Å². The van der Waals surface area contributed by atoms with Crippen molar-refractivity contribution in [3.8, 4) is 0 Å². The second-order valence-corrected chi connectivity index (χ2v) is 2.80. The first-order valence-corrected chi connectivity index (χ1v) is 3.73. The largest absolute Gasteiger partial charge is 0.507 e. The van der Waals surface area contributed by atoms with Crippen LogP contribution in [-0.2, 0) is 9.53 Å². The minimum absolute atomic E-state index is 0.309. The summed E-state index contributed by atoms with van der Waals surface area (Å²) in [5, 5.41) is 36.6. The zero-order chi connectivity index (χ0) is 10.9. The Morgan fingerprint density at radius 3 is 2.57 bits per heavy atom. The number of aliphatic carboxylic acids is 1. The first-order chi connectivity index (χ1) is 6.41. The molecule has 1 rings (SSSR count). The third kappa shape index (κ3) is 1.50. The van der Waals surface area contributed by atoms with E-state index in [0.29, 0.717) is 0 Å². The van der Waals surface area contributed by atoms with Crippen LogP contribution in [0.15, 0.2) is 23.5 Å². The first kappa shape index (κ1) is 10.7. The highest BCUT2D eigenvalue weighted by Gasteiger charge is 2.42. The summed E-state index contributed by atoms with van der Waals surface area (Å²) in [6, 6.07) is 0. The Morgan fingerprint density at radius 2 is 2.21 bits per heavy atom. The van der Waals surface area contributed by atoms with Crippen molar-refractivity contribution in [2.75, 3.05) is 7.11 Å². The monoisotopic (exact) mass is 202 g/mol. The van der Waals surface area contributed by atoms with Crippen molar-refractivity contribution < 1.29 is 30.0 Å². The van der Waals surface area contributed by atoms with Crippen LogP contribution >= 0.6 is 0 Å². The lowest BCUT2D eigenvalue weighted by molar-refractivity contribution is -0.221. The Morgan fingerprint density at radius 1 is 1.64 bits per heavy atom. The van der Waals surface area contributed by atoms with Crippen molar-refractivity contribution in [1.82, 2.24) is 0 Å². The summed E-state index contributed by atoms with van der Waals surface area (Å²) in [6.45, 7) is 0. The van der Waals surface area contributed by atoms with Crippen LogP contribution in [0.5, 0.6) is 0 Å².